The first-order chi connectivity index (χ1) is 7.12. The second-order valence-electron chi connectivity index (χ2n) is 4.00. The number of hydrogen-bond donors (Lipinski definition) is 0. The van der Waals surface area contributed by atoms with Gasteiger partial charge in [0.15, 0.2) is 5.41 Å². The standard InChI is InChI=1S/C11H17NO3/c1-3-14-10(13)11(2,8-12)7-9-5-4-6-15-9/h9H,3-7H2,1-2H3. The first-order valence-electron chi connectivity index (χ1n) is 5.32. The highest BCUT2D eigenvalue weighted by atomic mass is 16.5. The number of nitriles is 1. The van der Waals surface area contributed by atoms with Crippen LogP contribution >= 0.6 is 0 Å². The zero-order valence-electron chi connectivity index (χ0n) is 9.28. The summed E-state index contributed by atoms with van der Waals surface area (Å²) < 4.78 is 10.3. The molecular formula is C11H17NO3. The Hall–Kier alpha value is -1.08. The third-order valence-electron chi connectivity index (χ3n) is 2.63. The van der Waals surface area contributed by atoms with E-state index in [0.717, 1.165) is 19.4 Å². The van der Waals surface area contributed by atoms with Crippen molar-refractivity contribution in [2.24, 2.45) is 5.41 Å². The van der Waals surface area contributed by atoms with Crippen LogP contribution in [0.4, 0.5) is 0 Å². The molecule has 0 amide bonds. The minimum atomic E-state index is -1.06. The maximum absolute atomic E-state index is 11.6. The molecular weight excluding hydrogens is 194 g/mol. The maximum atomic E-state index is 11.6. The summed E-state index contributed by atoms with van der Waals surface area (Å²) in [5.41, 5.74) is -1.06. The van der Waals surface area contributed by atoms with Crippen LogP contribution in [0.1, 0.15) is 33.1 Å². The van der Waals surface area contributed by atoms with Crippen LogP contribution < -0.4 is 0 Å². The number of esters is 1. The second-order valence-corrected chi connectivity index (χ2v) is 4.00. The molecule has 84 valence electrons. The molecule has 1 rings (SSSR count). The van der Waals surface area contributed by atoms with Gasteiger partial charge in [0.25, 0.3) is 0 Å². The fourth-order valence-electron chi connectivity index (χ4n) is 1.73. The minimum absolute atomic E-state index is 0.0269. The molecule has 4 nitrogen and oxygen atoms in total. The van der Waals surface area contributed by atoms with Gasteiger partial charge in [-0.15, -0.1) is 0 Å². The van der Waals surface area contributed by atoms with Crippen LogP contribution in [-0.4, -0.2) is 25.3 Å². The van der Waals surface area contributed by atoms with Gasteiger partial charge >= 0.3 is 5.97 Å². The van der Waals surface area contributed by atoms with E-state index in [4.69, 9.17) is 14.7 Å². The molecule has 0 aromatic rings. The topological polar surface area (TPSA) is 59.3 Å². The van der Waals surface area contributed by atoms with E-state index < -0.39 is 11.4 Å². The number of nitrogens with zero attached hydrogens (tertiary/aromatic N) is 1. The van der Waals surface area contributed by atoms with Gasteiger partial charge in [-0.3, -0.25) is 4.79 Å². The molecule has 0 N–H and O–H groups in total. The van der Waals surface area contributed by atoms with Crippen LogP contribution in [0.2, 0.25) is 0 Å². The lowest BCUT2D eigenvalue weighted by Crippen LogP contribution is -2.32. The molecule has 4 heteroatoms. The van der Waals surface area contributed by atoms with E-state index in [9.17, 15) is 4.79 Å². The van der Waals surface area contributed by atoms with Crippen molar-refractivity contribution in [1.82, 2.24) is 0 Å². The molecule has 0 aromatic heterocycles. The quantitative estimate of drug-likeness (QED) is 0.663. The molecule has 0 radical (unpaired) electrons. The molecule has 0 aromatic carbocycles. The normalized spacial score (nSPS) is 24.2. The predicted molar refractivity (Wildman–Crippen MR) is 53.9 cm³/mol. The van der Waals surface area contributed by atoms with Gasteiger partial charge in [-0.25, -0.2) is 0 Å². The van der Waals surface area contributed by atoms with Crippen LogP contribution in [0.25, 0.3) is 0 Å². The summed E-state index contributed by atoms with van der Waals surface area (Å²) in [4.78, 5) is 11.6. The molecule has 0 saturated carbocycles. The molecule has 2 unspecified atom stereocenters. The molecule has 1 heterocycles. The van der Waals surface area contributed by atoms with Gasteiger partial charge < -0.3 is 9.47 Å². The van der Waals surface area contributed by atoms with Gasteiger partial charge in [-0.05, 0) is 26.7 Å². The fraction of sp³-hybridized carbons (Fsp3) is 0.818. The molecule has 15 heavy (non-hydrogen) atoms. The van der Waals surface area contributed by atoms with Gasteiger partial charge in [-0.1, -0.05) is 0 Å². The van der Waals surface area contributed by atoms with Crippen molar-refractivity contribution in [3.05, 3.63) is 0 Å². The Kier molecular flexibility index (Phi) is 4.10. The monoisotopic (exact) mass is 211 g/mol. The summed E-state index contributed by atoms with van der Waals surface area (Å²) in [6.07, 6.45) is 2.40. The molecule has 0 aliphatic carbocycles. The highest BCUT2D eigenvalue weighted by molar-refractivity contribution is 5.79. The lowest BCUT2D eigenvalue weighted by Gasteiger charge is -2.22. The summed E-state index contributed by atoms with van der Waals surface area (Å²) in [5.74, 6) is -0.442. The zero-order chi connectivity index (χ0) is 11.3. The van der Waals surface area contributed by atoms with Crippen LogP contribution in [0.3, 0.4) is 0 Å². The van der Waals surface area contributed by atoms with E-state index >= 15 is 0 Å². The Morgan fingerprint density at radius 3 is 2.93 bits per heavy atom. The molecule has 1 saturated heterocycles. The van der Waals surface area contributed by atoms with E-state index in [1.54, 1.807) is 13.8 Å². The van der Waals surface area contributed by atoms with Gasteiger partial charge in [0.05, 0.1) is 18.8 Å². The Balaban J connectivity index is 2.59. The summed E-state index contributed by atoms with van der Waals surface area (Å²) in [6, 6.07) is 2.04. The fourth-order valence-corrected chi connectivity index (χ4v) is 1.73. The maximum Gasteiger partial charge on any atom is 0.326 e. The van der Waals surface area contributed by atoms with Crippen LogP contribution in [0, 0.1) is 16.7 Å². The molecule has 1 aliphatic rings. The van der Waals surface area contributed by atoms with E-state index in [-0.39, 0.29) is 6.10 Å². The van der Waals surface area contributed by atoms with E-state index in [0.29, 0.717) is 13.0 Å². The Bertz CT molecular complexity index is 265. The number of ether oxygens (including phenoxy) is 2. The summed E-state index contributed by atoms with van der Waals surface area (Å²) >= 11 is 0. The van der Waals surface area contributed by atoms with Gasteiger partial charge in [0, 0.05) is 13.0 Å². The molecule has 1 fully saturated rings. The van der Waals surface area contributed by atoms with Crippen LogP contribution in [-0.2, 0) is 14.3 Å². The van der Waals surface area contributed by atoms with Crippen LogP contribution in [0.5, 0.6) is 0 Å². The van der Waals surface area contributed by atoms with E-state index in [2.05, 4.69) is 0 Å². The van der Waals surface area contributed by atoms with E-state index in [1.807, 2.05) is 6.07 Å². The molecule has 2 atom stereocenters. The van der Waals surface area contributed by atoms with Gasteiger partial charge in [0.1, 0.15) is 0 Å². The minimum Gasteiger partial charge on any atom is -0.465 e. The predicted octanol–water partition coefficient (Wildman–Crippen LogP) is 1.65. The van der Waals surface area contributed by atoms with Crippen molar-refractivity contribution in [3.8, 4) is 6.07 Å². The molecule has 0 spiro atoms. The number of carbonyl (C=O) groups excluding carboxylic acids is 1. The molecule has 0 bridgehead atoms. The second kappa shape index (κ2) is 5.13. The number of carbonyl (C=O) groups is 1. The summed E-state index contributed by atoms with van der Waals surface area (Å²) in [7, 11) is 0. The first kappa shape index (κ1) is 12.0. The van der Waals surface area contributed by atoms with Crippen LogP contribution in [0.15, 0.2) is 0 Å². The molecule has 1 aliphatic heterocycles. The summed E-state index contributed by atoms with van der Waals surface area (Å²) in [5, 5.41) is 9.04. The Morgan fingerprint density at radius 1 is 1.73 bits per heavy atom. The van der Waals surface area contributed by atoms with Gasteiger partial charge in [0.2, 0.25) is 0 Å². The number of rotatable bonds is 4. The largest absolute Gasteiger partial charge is 0.465 e. The average molecular weight is 211 g/mol. The number of hydrogen-bond acceptors (Lipinski definition) is 4. The van der Waals surface area contributed by atoms with Crippen molar-refractivity contribution < 1.29 is 14.3 Å². The summed E-state index contributed by atoms with van der Waals surface area (Å²) in [6.45, 7) is 4.39. The van der Waals surface area contributed by atoms with Crippen molar-refractivity contribution in [2.45, 2.75) is 39.2 Å². The zero-order valence-corrected chi connectivity index (χ0v) is 9.28. The Labute approximate surface area is 90.2 Å². The lowest BCUT2D eigenvalue weighted by atomic mass is 9.85. The SMILES string of the molecule is CCOC(=O)C(C)(C#N)CC1CCCO1. The van der Waals surface area contributed by atoms with Crippen molar-refractivity contribution in [1.29, 1.82) is 5.26 Å². The van der Waals surface area contributed by atoms with E-state index in [1.165, 1.54) is 0 Å². The van der Waals surface area contributed by atoms with Crippen molar-refractivity contribution in [3.63, 3.8) is 0 Å². The van der Waals surface area contributed by atoms with Crippen molar-refractivity contribution in [2.75, 3.05) is 13.2 Å². The smallest absolute Gasteiger partial charge is 0.326 e. The van der Waals surface area contributed by atoms with Gasteiger partial charge in [-0.2, -0.15) is 5.26 Å². The van der Waals surface area contributed by atoms with Crippen molar-refractivity contribution >= 4 is 5.97 Å². The average Bonchev–Trinajstić information content (AvgIpc) is 2.70. The highest BCUT2D eigenvalue weighted by Gasteiger charge is 2.38. The highest BCUT2D eigenvalue weighted by Crippen LogP contribution is 2.29. The first-order valence-corrected chi connectivity index (χ1v) is 5.32. The third kappa shape index (κ3) is 2.93. The Morgan fingerprint density at radius 2 is 2.47 bits per heavy atom. The lowest BCUT2D eigenvalue weighted by molar-refractivity contribution is -0.152. The third-order valence-corrected chi connectivity index (χ3v) is 2.63.